The largest absolute Gasteiger partial charge is 0.497 e. The van der Waals surface area contributed by atoms with Crippen molar-refractivity contribution in [3.8, 4) is 5.75 Å². The third-order valence-electron chi connectivity index (χ3n) is 4.30. The van der Waals surface area contributed by atoms with Gasteiger partial charge in [-0.2, -0.15) is 0 Å². The van der Waals surface area contributed by atoms with E-state index in [-0.39, 0.29) is 11.9 Å². The van der Waals surface area contributed by atoms with Crippen LogP contribution < -0.4 is 4.74 Å². The molecule has 0 saturated carbocycles. The van der Waals surface area contributed by atoms with Crippen molar-refractivity contribution in [3.63, 3.8) is 0 Å². The summed E-state index contributed by atoms with van der Waals surface area (Å²) in [6.45, 7) is 0.841. The molecule has 5 nitrogen and oxygen atoms in total. The molecule has 1 aliphatic rings. The van der Waals surface area contributed by atoms with E-state index < -0.39 is 0 Å². The molecule has 1 aliphatic heterocycles. The minimum atomic E-state index is 0.163. The Morgan fingerprint density at radius 3 is 2.65 bits per heavy atom. The average Bonchev–Trinajstić information content (AvgIpc) is 3.05. The fourth-order valence-corrected chi connectivity index (χ4v) is 3.11. The van der Waals surface area contributed by atoms with Crippen LogP contribution in [-0.2, 0) is 17.6 Å². The van der Waals surface area contributed by atoms with Crippen LogP contribution in [0.15, 0.2) is 43.0 Å². The number of nitrogens with zero attached hydrogens (tertiary/aromatic N) is 3. The molecule has 0 spiro atoms. The van der Waals surface area contributed by atoms with Crippen molar-refractivity contribution in [3.05, 3.63) is 54.1 Å². The number of carbonyl (C=O) groups is 1. The lowest BCUT2D eigenvalue weighted by atomic mass is 10.0. The fraction of sp³-hybridized carbons (Fsp3) is 0.389. The first-order valence-electron chi connectivity index (χ1n) is 7.92. The van der Waals surface area contributed by atoms with Crippen molar-refractivity contribution in [1.82, 2.24) is 14.9 Å². The van der Waals surface area contributed by atoms with Gasteiger partial charge in [-0.1, -0.05) is 12.1 Å². The highest BCUT2D eigenvalue weighted by atomic mass is 16.5. The molecule has 1 saturated heterocycles. The second-order valence-electron chi connectivity index (χ2n) is 5.86. The molecule has 0 aliphatic carbocycles. The molecule has 2 heterocycles. The molecule has 1 aromatic carbocycles. The average molecular weight is 311 g/mol. The minimum Gasteiger partial charge on any atom is -0.497 e. The van der Waals surface area contributed by atoms with Crippen LogP contribution in [0.1, 0.15) is 24.0 Å². The zero-order valence-corrected chi connectivity index (χ0v) is 13.3. The number of rotatable bonds is 5. The summed E-state index contributed by atoms with van der Waals surface area (Å²) in [5.41, 5.74) is 2.10. The summed E-state index contributed by atoms with van der Waals surface area (Å²) in [4.78, 5) is 22.5. The lowest BCUT2D eigenvalue weighted by Gasteiger charge is -2.25. The Morgan fingerprint density at radius 2 is 1.96 bits per heavy atom. The van der Waals surface area contributed by atoms with Crippen molar-refractivity contribution in [2.45, 2.75) is 31.7 Å². The van der Waals surface area contributed by atoms with E-state index >= 15 is 0 Å². The maximum Gasteiger partial charge on any atom is 0.227 e. The molecule has 3 rings (SSSR count). The van der Waals surface area contributed by atoms with E-state index in [4.69, 9.17) is 4.74 Å². The van der Waals surface area contributed by atoms with Crippen LogP contribution in [0.25, 0.3) is 0 Å². The number of hydrogen-bond donors (Lipinski definition) is 0. The number of aromatic nitrogens is 2. The Labute approximate surface area is 136 Å². The Morgan fingerprint density at radius 1 is 1.22 bits per heavy atom. The summed E-state index contributed by atoms with van der Waals surface area (Å²) < 4.78 is 5.19. The first kappa shape index (κ1) is 15.5. The molecule has 120 valence electrons. The summed E-state index contributed by atoms with van der Waals surface area (Å²) in [7, 11) is 1.67. The third kappa shape index (κ3) is 3.86. The molecule has 1 amide bonds. The summed E-state index contributed by atoms with van der Waals surface area (Å²) >= 11 is 0. The van der Waals surface area contributed by atoms with E-state index in [9.17, 15) is 4.79 Å². The topological polar surface area (TPSA) is 55.3 Å². The van der Waals surface area contributed by atoms with Gasteiger partial charge in [-0.3, -0.25) is 4.79 Å². The monoisotopic (exact) mass is 311 g/mol. The molecule has 5 heteroatoms. The lowest BCUT2D eigenvalue weighted by molar-refractivity contribution is -0.131. The van der Waals surface area contributed by atoms with Crippen molar-refractivity contribution >= 4 is 5.91 Å². The van der Waals surface area contributed by atoms with Gasteiger partial charge in [0.25, 0.3) is 0 Å². The SMILES string of the molecule is COc1ccc(CC2CCCN2C(=O)Cc2cncnc2)cc1. The van der Waals surface area contributed by atoms with Crippen molar-refractivity contribution in [1.29, 1.82) is 0 Å². The number of amides is 1. The molecule has 1 aromatic heterocycles. The van der Waals surface area contributed by atoms with Gasteiger partial charge in [-0.15, -0.1) is 0 Å². The summed E-state index contributed by atoms with van der Waals surface area (Å²) in [5, 5.41) is 0. The normalized spacial score (nSPS) is 17.3. The van der Waals surface area contributed by atoms with Crippen LogP contribution in [0.3, 0.4) is 0 Å². The molecular formula is C18H21N3O2. The van der Waals surface area contributed by atoms with E-state index in [0.29, 0.717) is 6.42 Å². The van der Waals surface area contributed by atoms with Gasteiger partial charge in [0.15, 0.2) is 0 Å². The Balaban J connectivity index is 1.63. The molecule has 1 fully saturated rings. The molecule has 0 radical (unpaired) electrons. The van der Waals surface area contributed by atoms with E-state index in [2.05, 4.69) is 22.1 Å². The molecule has 1 atom stereocenters. The first-order chi connectivity index (χ1) is 11.3. The summed E-state index contributed by atoms with van der Waals surface area (Å²) in [5.74, 6) is 1.02. The smallest absolute Gasteiger partial charge is 0.227 e. The highest BCUT2D eigenvalue weighted by Crippen LogP contribution is 2.23. The Kier molecular flexibility index (Phi) is 4.86. The molecule has 0 bridgehead atoms. The number of likely N-dealkylation sites (tertiary alicyclic amines) is 1. The molecule has 2 aromatic rings. The maximum atomic E-state index is 12.6. The maximum absolute atomic E-state index is 12.6. The van der Waals surface area contributed by atoms with Crippen molar-refractivity contribution in [2.75, 3.05) is 13.7 Å². The van der Waals surface area contributed by atoms with E-state index in [1.54, 1.807) is 19.5 Å². The molecule has 23 heavy (non-hydrogen) atoms. The highest BCUT2D eigenvalue weighted by Gasteiger charge is 2.28. The standard InChI is InChI=1S/C18H21N3O2/c1-23-17-6-4-14(5-7-17)9-16-3-2-8-21(16)18(22)10-15-11-19-13-20-12-15/h4-7,11-13,16H,2-3,8-10H2,1H3. The lowest BCUT2D eigenvalue weighted by Crippen LogP contribution is -2.37. The Bertz CT molecular complexity index is 643. The number of ether oxygens (including phenoxy) is 1. The van der Waals surface area contributed by atoms with Crippen LogP contribution in [0.4, 0.5) is 0 Å². The predicted molar refractivity (Wildman–Crippen MR) is 87.2 cm³/mol. The summed E-state index contributed by atoms with van der Waals surface area (Å²) in [6, 6.07) is 8.37. The van der Waals surface area contributed by atoms with Gasteiger partial charge in [0.1, 0.15) is 12.1 Å². The zero-order chi connectivity index (χ0) is 16.1. The minimum absolute atomic E-state index is 0.163. The van der Waals surface area contributed by atoms with Crippen molar-refractivity contribution < 1.29 is 9.53 Å². The van der Waals surface area contributed by atoms with E-state index in [0.717, 1.165) is 37.1 Å². The van der Waals surface area contributed by atoms with Gasteiger partial charge in [0, 0.05) is 25.0 Å². The first-order valence-corrected chi connectivity index (χ1v) is 7.92. The molecular weight excluding hydrogens is 290 g/mol. The van der Waals surface area contributed by atoms with Crippen LogP contribution in [0.2, 0.25) is 0 Å². The number of benzene rings is 1. The number of methoxy groups -OCH3 is 1. The van der Waals surface area contributed by atoms with E-state index in [1.807, 2.05) is 17.0 Å². The fourth-order valence-electron chi connectivity index (χ4n) is 3.11. The second kappa shape index (κ2) is 7.22. The third-order valence-corrected chi connectivity index (χ3v) is 4.30. The van der Waals surface area contributed by atoms with Crippen LogP contribution in [0, 0.1) is 0 Å². The molecule has 0 N–H and O–H groups in total. The summed E-state index contributed by atoms with van der Waals surface area (Å²) in [6.07, 6.45) is 8.29. The Hall–Kier alpha value is -2.43. The van der Waals surface area contributed by atoms with Crippen LogP contribution in [0.5, 0.6) is 5.75 Å². The van der Waals surface area contributed by atoms with Gasteiger partial charge in [-0.05, 0) is 42.5 Å². The van der Waals surface area contributed by atoms with Crippen LogP contribution >= 0.6 is 0 Å². The van der Waals surface area contributed by atoms with Gasteiger partial charge < -0.3 is 9.64 Å². The number of carbonyl (C=O) groups excluding carboxylic acids is 1. The number of hydrogen-bond acceptors (Lipinski definition) is 4. The van der Waals surface area contributed by atoms with Crippen LogP contribution in [-0.4, -0.2) is 40.5 Å². The highest BCUT2D eigenvalue weighted by molar-refractivity contribution is 5.79. The zero-order valence-electron chi connectivity index (χ0n) is 13.3. The predicted octanol–water partition coefficient (Wildman–Crippen LogP) is 2.26. The second-order valence-corrected chi connectivity index (χ2v) is 5.86. The van der Waals surface area contributed by atoms with Gasteiger partial charge >= 0.3 is 0 Å². The van der Waals surface area contributed by atoms with Gasteiger partial charge in [0.05, 0.1) is 13.5 Å². The van der Waals surface area contributed by atoms with E-state index in [1.165, 1.54) is 11.9 Å². The van der Waals surface area contributed by atoms with Gasteiger partial charge in [0.2, 0.25) is 5.91 Å². The van der Waals surface area contributed by atoms with Gasteiger partial charge in [-0.25, -0.2) is 9.97 Å². The van der Waals surface area contributed by atoms with Crippen molar-refractivity contribution in [2.24, 2.45) is 0 Å². The molecule has 1 unspecified atom stereocenters. The quantitative estimate of drug-likeness (QED) is 0.850.